The van der Waals surface area contributed by atoms with Crippen molar-refractivity contribution in [1.29, 1.82) is 0 Å². The summed E-state index contributed by atoms with van der Waals surface area (Å²) in [7, 11) is 0. The molecule has 10 heteroatoms. The van der Waals surface area contributed by atoms with Gasteiger partial charge >= 0.3 is 6.18 Å². The summed E-state index contributed by atoms with van der Waals surface area (Å²) in [5, 5.41) is 5.38. The molecule has 2 fully saturated rings. The zero-order chi connectivity index (χ0) is 25.5. The first-order chi connectivity index (χ1) is 17.3. The standard InChI is InChI=1S/C26H31F3N4O3/c27-26(28,29)20-8-4-7-19(12-20)25(35)31-14-24(34)32-22-15-33(21-9-2-1-3-10-21)16-23(22)36-17-18-6-5-11-30-13-18/h4-8,11-13,21-23H,1-3,9-10,14-17H2,(H,31,35)(H,32,34)/t22-,23+/m0/s1. The summed E-state index contributed by atoms with van der Waals surface area (Å²) in [5.41, 5.74) is -0.131. The Morgan fingerprint density at radius 2 is 1.89 bits per heavy atom. The van der Waals surface area contributed by atoms with Crippen molar-refractivity contribution in [1.82, 2.24) is 20.5 Å². The molecule has 1 saturated heterocycles. The van der Waals surface area contributed by atoms with E-state index in [1.54, 1.807) is 12.4 Å². The number of hydrogen-bond acceptors (Lipinski definition) is 5. The summed E-state index contributed by atoms with van der Waals surface area (Å²) in [4.78, 5) is 31.5. The van der Waals surface area contributed by atoms with Crippen LogP contribution in [0, 0.1) is 0 Å². The highest BCUT2D eigenvalue weighted by atomic mass is 19.4. The van der Waals surface area contributed by atoms with Crippen LogP contribution in [0.4, 0.5) is 13.2 Å². The van der Waals surface area contributed by atoms with Gasteiger partial charge in [-0.3, -0.25) is 19.5 Å². The van der Waals surface area contributed by atoms with Crippen LogP contribution in [0.1, 0.15) is 53.6 Å². The van der Waals surface area contributed by atoms with Crippen molar-refractivity contribution in [2.24, 2.45) is 0 Å². The first kappa shape index (κ1) is 26.1. The number of pyridine rings is 1. The zero-order valence-corrected chi connectivity index (χ0v) is 20.0. The third-order valence-corrected chi connectivity index (χ3v) is 6.78. The van der Waals surface area contributed by atoms with Gasteiger partial charge in [0.05, 0.1) is 30.9 Å². The van der Waals surface area contributed by atoms with Gasteiger partial charge in [0.2, 0.25) is 5.91 Å². The molecule has 4 rings (SSSR count). The molecule has 0 radical (unpaired) electrons. The van der Waals surface area contributed by atoms with E-state index in [0.717, 1.165) is 30.5 Å². The maximum absolute atomic E-state index is 12.9. The molecule has 7 nitrogen and oxygen atoms in total. The number of hydrogen-bond donors (Lipinski definition) is 2. The van der Waals surface area contributed by atoms with Crippen LogP contribution in [-0.2, 0) is 22.3 Å². The van der Waals surface area contributed by atoms with E-state index in [-0.39, 0.29) is 24.3 Å². The quantitative estimate of drug-likeness (QED) is 0.575. The Labute approximate surface area is 208 Å². The molecule has 2 atom stereocenters. The van der Waals surface area contributed by atoms with Crippen LogP contribution < -0.4 is 10.6 Å². The Morgan fingerprint density at radius 3 is 2.61 bits per heavy atom. The monoisotopic (exact) mass is 504 g/mol. The summed E-state index contributed by atoms with van der Waals surface area (Å²) in [6, 6.07) is 8.09. The molecule has 0 unspecified atom stereocenters. The second kappa shape index (κ2) is 11.8. The summed E-state index contributed by atoms with van der Waals surface area (Å²) < 4.78 is 45.0. The number of aromatic nitrogens is 1. The highest BCUT2D eigenvalue weighted by Gasteiger charge is 2.38. The average molecular weight is 505 g/mol. The number of ether oxygens (including phenoxy) is 1. The third kappa shape index (κ3) is 7.04. The fourth-order valence-electron chi connectivity index (χ4n) is 4.90. The molecule has 1 aromatic carbocycles. The van der Waals surface area contributed by atoms with Crippen LogP contribution in [0.25, 0.3) is 0 Å². The fourth-order valence-corrected chi connectivity index (χ4v) is 4.90. The van der Waals surface area contributed by atoms with E-state index in [2.05, 4.69) is 20.5 Å². The van der Waals surface area contributed by atoms with Gasteiger partial charge in [-0.15, -0.1) is 0 Å². The molecule has 2 N–H and O–H groups in total. The number of nitrogens with one attached hydrogen (secondary N) is 2. The van der Waals surface area contributed by atoms with Crippen molar-refractivity contribution in [3.8, 4) is 0 Å². The van der Waals surface area contributed by atoms with E-state index in [9.17, 15) is 22.8 Å². The predicted molar refractivity (Wildman–Crippen MR) is 127 cm³/mol. The van der Waals surface area contributed by atoms with Crippen LogP contribution in [0.2, 0.25) is 0 Å². The Balaban J connectivity index is 1.34. The van der Waals surface area contributed by atoms with Crippen LogP contribution in [0.3, 0.4) is 0 Å². The summed E-state index contributed by atoms with van der Waals surface area (Å²) in [5.74, 6) is -1.16. The van der Waals surface area contributed by atoms with E-state index < -0.39 is 23.6 Å². The van der Waals surface area contributed by atoms with Gasteiger partial charge < -0.3 is 15.4 Å². The Bertz CT molecular complexity index is 1030. The van der Waals surface area contributed by atoms with Crippen molar-refractivity contribution >= 4 is 11.8 Å². The Morgan fingerprint density at radius 1 is 1.08 bits per heavy atom. The van der Waals surface area contributed by atoms with E-state index in [1.807, 2.05) is 12.1 Å². The summed E-state index contributed by atoms with van der Waals surface area (Å²) in [6.45, 7) is 1.38. The lowest BCUT2D eigenvalue weighted by atomic mass is 9.94. The molecule has 1 aromatic heterocycles. The lowest BCUT2D eigenvalue weighted by molar-refractivity contribution is -0.137. The highest BCUT2D eigenvalue weighted by molar-refractivity contribution is 5.96. The Kier molecular flexibility index (Phi) is 8.58. The second-order valence-corrected chi connectivity index (χ2v) is 9.39. The first-order valence-electron chi connectivity index (χ1n) is 12.3. The van der Waals surface area contributed by atoms with E-state index >= 15 is 0 Å². The van der Waals surface area contributed by atoms with Gasteiger partial charge in [0, 0.05) is 37.1 Å². The number of carbonyl (C=O) groups is 2. The van der Waals surface area contributed by atoms with Crippen molar-refractivity contribution in [3.05, 3.63) is 65.5 Å². The average Bonchev–Trinajstić information content (AvgIpc) is 3.29. The number of rotatable bonds is 8. The number of nitrogens with zero attached hydrogens (tertiary/aromatic N) is 2. The molecule has 194 valence electrons. The third-order valence-electron chi connectivity index (χ3n) is 6.78. The maximum Gasteiger partial charge on any atom is 0.416 e. The molecule has 36 heavy (non-hydrogen) atoms. The summed E-state index contributed by atoms with van der Waals surface area (Å²) >= 11 is 0. The molecular weight excluding hydrogens is 473 g/mol. The molecule has 2 aromatic rings. The Hall–Kier alpha value is -2.98. The fraction of sp³-hybridized carbons (Fsp3) is 0.500. The van der Waals surface area contributed by atoms with Gasteiger partial charge in [0.25, 0.3) is 5.91 Å². The van der Waals surface area contributed by atoms with Gasteiger partial charge in [0.15, 0.2) is 0 Å². The van der Waals surface area contributed by atoms with Crippen LogP contribution in [0.5, 0.6) is 0 Å². The van der Waals surface area contributed by atoms with E-state index in [1.165, 1.54) is 31.4 Å². The van der Waals surface area contributed by atoms with E-state index in [4.69, 9.17) is 4.74 Å². The number of carbonyl (C=O) groups excluding carboxylic acids is 2. The lowest BCUT2D eigenvalue weighted by Gasteiger charge is -2.30. The number of amides is 2. The van der Waals surface area contributed by atoms with E-state index in [0.29, 0.717) is 25.7 Å². The molecule has 2 amide bonds. The summed E-state index contributed by atoms with van der Waals surface area (Å²) in [6.07, 6.45) is 4.55. The van der Waals surface area contributed by atoms with Gasteiger partial charge in [-0.2, -0.15) is 13.2 Å². The van der Waals surface area contributed by atoms with Crippen LogP contribution >= 0.6 is 0 Å². The van der Waals surface area contributed by atoms with Crippen LogP contribution in [-0.4, -0.2) is 59.5 Å². The van der Waals surface area contributed by atoms with Crippen molar-refractivity contribution in [2.75, 3.05) is 19.6 Å². The maximum atomic E-state index is 12.9. The number of benzene rings is 1. The molecule has 1 aliphatic carbocycles. The van der Waals surface area contributed by atoms with Crippen LogP contribution in [0.15, 0.2) is 48.8 Å². The first-order valence-corrected chi connectivity index (χ1v) is 12.3. The number of alkyl halides is 3. The molecule has 1 aliphatic heterocycles. The normalized spacial score (nSPS) is 21.3. The number of halogens is 3. The van der Waals surface area contributed by atoms with Crippen molar-refractivity contribution in [3.63, 3.8) is 0 Å². The van der Waals surface area contributed by atoms with Crippen molar-refractivity contribution in [2.45, 2.75) is 63.1 Å². The van der Waals surface area contributed by atoms with Gasteiger partial charge in [0.1, 0.15) is 0 Å². The zero-order valence-electron chi connectivity index (χ0n) is 20.0. The van der Waals surface area contributed by atoms with Gasteiger partial charge in [-0.05, 0) is 42.7 Å². The highest BCUT2D eigenvalue weighted by Crippen LogP contribution is 2.30. The predicted octanol–water partition coefficient (Wildman–Crippen LogP) is 3.55. The number of likely N-dealkylation sites (tertiary alicyclic amines) is 1. The largest absolute Gasteiger partial charge is 0.416 e. The lowest BCUT2D eigenvalue weighted by Crippen LogP contribution is -2.47. The SMILES string of the molecule is O=C(CNC(=O)c1cccc(C(F)(F)F)c1)N[C@H]1CN(C2CCCCC2)C[C@H]1OCc1cccnc1. The molecule has 2 heterocycles. The molecular formula is C26H31F3N4O3. The van der Waals surface area contributed by atoms with Crippen molar-refractivity contribution < 1.29 is 27.5 Å². The minimum atomic E-state index is -4.55. The molecule has 0 bridgehead atoms. The minimum absolute atomic E-state index is 0.153. The molecule has 0 spiro atoms. The topological polar surface area (TPSA) is 83.6 Å². The van der Waals surface area contributed by atoms with Gasteiger partial charge in [-0.25, -0.2) is 0 Å². The smallest absolute Gasteiger partial charge is 0.370 e. The minimum Gasteiger partial charge on any atom is -0.370 e. The van der Waals surface area contributed by atoms with Gasteiger partial charge in [-0.1, -0.05) is 31.4 Å². The molecule has 2 aliphatic rings. The molecule has 1 saturated carbocycles. The second-order valence-electron chi connectivity index (χ2n) is 9.39.